The van der Waals surface area contributed by atoms with Gasteiger partial charge in [0.2, 0.25) is 0 Å². The Morgan fingerprint density at radius 1 is 1.47 bits per heavy atom. The highest BCUT2D eigenvalue weighted by Crippen LogP contribution is 2.24. The summed E-state index contributed by atoms with van der Waals surface area (Å²) >= 11 is 0. The van der Waals surface area contributed by atoms with Crippen molar-refractivity contribution in [2.45, 2.75) is 32.6 Å². The van der Waals surface area contributed by atoms with Crippen molar-refractivity contribution in [2.75, 3.05) is 18.0 Å². The zero-order valence-electron chi connectivity index (χ0n) is 10.4. The molecule has 0 unspecified atom stereocenters. The van der Waals surface area contributed by atoms with E-state index in [-0.39, 0.29) is 0 Å². The normalized spacial score (nSPS) is 16.8. The van der Waals surface area contributed by atoms with Gasteiger partial charge in [-0.2, -0.15) is 5.26 Å². The van der Waals surface area contributed by atoms with Gasteiger partial charge in [0.1, 0.15) is 5.82 Å². The molecule has 0 amide bonds. The molecule has 0 aliphatic carbocycles. The highest BCUT2D eigenvalue weighted by Gasteiger charge is 2.19. The van der Waals surface area contributed by atoms with Gasteiger partial charge in [-0.15, -0.1) is 0 Å². The molecule has 3 nitrogen and oxygen atoms in total. The molecule has 0 aromatic carbocycles. The highest BCUT2D eigenvalue weighted by molar-refractivity contribution is 5.45. The number of hydrogen-bond donors (Lipinski definition) is 0. The molecular formula is C14H19N3. The van der Waals surface area contributed by atoms with Gasteiger partial charge in [0, 0.05) is 19.3 Å². The van der Waals surface area contributed by atoms with Crippen molar-refractivity contribution in [3.63, 3.8) is 0 Å². The van der Waals surface area contributed by atoms with Gasteiger partial charge in [-0.25, -0.2) is 4.98 Å². The van der Waals surface area contributed by atoms with Crippen LogP contribution < -0.4 is 4.90 Å². The van der Waals surface area contributed by atoms with Crippen molar-refractivity contribution in [3.8, 4) is 6.07 Å². The third kappa shape index (κ3) is 2.97. The monoisotopic (exact) mass is 229 g/mol. The molecule has 0 N–H and O–H groups in total. The molecule has 2 heterocycles. The van der Waals surface area contributed by atoms with E-state index in [9.17, 15) is 0 Å². The molecule has 1 aliphatic heterocycles. The summed E-state index contributed by atoms with van der Waals surface area (Å²) in [5.74, 6) is 1.84. The third-order valence-electron chi connectivity index (χ3n) is 3.51. The lowest BCUT2D eigenvalue weighted by Crippen LogP contribution is -2.34. The van der Waals surface area contributed by atoms with Crippen LogP contribution in [0.15, 0.2) is 18.3 Å². The summed E-state index contributed by atoms with van der Waals surface area (Å²) in [5.41, 5.74) is 0.700. The molecule has 0 radical (unpaired) electrons. The van der Waals surface area contributed by atoms with Gasteiger partial charge >= 0.3 is 0 Å². The van der Waals surface area contributed by atoms with E-state index in [0.29, 0.717) is 5.56 Å². The molecular weight excluding hydrogens is 210 g/mol. The van der Waals surface area contributed by atoms with Gasteiger partial charge in [-0.1, -0.05) is 19.8 Å². The molecule has 0 spiro atoms. The smallest absolute Gasteiger partial charge is 0.129 e. The van der Waals surface area contributed by atoms with Crippen LogP contribution in [0, 0.1) is 17.2 Å². The van der Waals surface area contributed by atoms with Crippen LogP contribution in [0.3, 0.4) is 0 Å². The maximum absolute atomic E-state index is 8.88. The number of rotatable bonds is 3. The number of nitrogens with zero attached hydrogens (tertiary/aromatic N) is 3. The maximum atomic E-state index is 8.88. The van der Waals surface area contributed by atoms with Crippen LogP contribution in [0.2, 0.25) is 0 Å². The van der Waals surface area contributed by atoms with Gasteiger partial charge in [-0.05, 0) is 30.9 Å². The Morgan fingerprint density at radius 3 is 2.88 bits per heavy atom. The average Bonchev–Trinajstić information content (AvgIpc) is 2.40. The summed E-state index contributed by atoms with van der Waals surface area (Å²) < 4.78 is 0. The van der Waals surface area contributed by atoms with Crippen molar-refractivity contribution < 1.29 is 0 Å². The maximum Gasteiger partial charge on any atom is 0.129 e. The molecule has 2 rings (SSSR count). The van der Waals surface area contributed by atoms with E-state index in [2.05, 4.69) is 22.9 Å². The van der Waals surface area contributed by atoms with E-state index in [1.807, 2.05) is 6.07 Å². The summed E-state index contributed by atoms with van der Waals surface area (Å²) in [7, 11) is 0. The average molecular weight is 229 g/mol. The first-order chi connectivity index (χ1) is 8.33. The van der Waals surface area contributed by atoms with Gasteiger partial charge in [0.15, 0.2) is 0 Å². The zero-order chi connectivity index (χ0) is 12.1. The lowest BCUT2D eigenvalue weighted by atomic mass is 9.92. The summed E-state index contributed by atoms with van der Waals surface area (Å²) in [6, 6.07) is 5.82. The number of hydrogen-bond acceptors (Lipinski definition) is 3. The molecule has 1 saturated heterocycles. The Bertz CT molecular complexity index is 400. The second kappa shape index (κ2) is 5.67. The molecule has 1 aromatic heterocycles. The number of pyridine rings is 1. The number of aromatic nitrogens is 1. The van der Waals surface area contributed by atoms with Crippen LogP contribution in [0.25, 0.3) is 0 Å². The quantitative estimate of drug-likeness (QED) is 0.800. The minimum atomic E-state index is 0.700. The standard InChI is InChI=1S/C14H19N3/c1-2-3-12-5-8-17(9-6-12)14-10-13(11-15)4-7-16-14/h4,7,10,12H,2-3,5-6,8-9H2,1H3. The minimum absolute atomic E-state index is 0.700. The summed E-state index contributed by atoms with van der Waals surface area (Å²) in [4.78, 5) is 6.66. The first-order valence-electron chi connectivity index (χ1n) is 6.44. The SMILES string of the molecule is CCCC1CCN(c2cc(C#N)ccn2)CC1. The Kier molecular flexibility index (Phi) is 3.98. The van der Waals surface area contributed by atoms with Crippen LogP contribution in [0.5, 0.6) is 0 Å². The van der Waals surface area contributed by atoms with Crippen molar-refractivity contribution in [2.24, 2.45) is 5.92 Å². The summed E-state index contributed by atoms with van der Waals surface area (Å²) in [5, 5.41) is 8.88. The summed E-state index contributed by atoms with van der Waals surface area (Å²) in [6.45, 7) is 4.41. The topological polar surface area (TPSA) is 39.9 Å². The fourth-order valence-electron chi connectivity index (χ4n) is 2.52. The molecule has 90 valence electrons. The van der Waals surface area contributed by atoms with E-state index in [0.717, 1.165) is 24.8 Å². The fraction of sp³-hybridized carbons (Fsp3) is 0.571. The Balaban J connectivity index is 1.98. The van der Waals surface area contributed by atoms with Gasteiger partial charge in [0.25, 0.3) is 0 Å². The van der Waals surface area contributed by atoms with Crippen molar-refractivity contribution in [3.05, 3.63) is 23.9 Å². The Hall–Kier alpha value is -1.56. The van der Waals surface area contributed by atoms with Crippen LogP contribution in [0.1, 0.15) is 38.2 Å². The molecule has 1 aliphatic rings. The lowest BCUT2D eigenvalue weighted by molar-refractivity contribution is 0.377. The van der Waals surface area contributed by atoms with Crippen molar-refractivity contribution >= 4 is 5.82 Å². The predicted molar refractivity (Wildman–Crippen MR) is 68.8 cm³/mol. The van der Waals surface area contributed by atoms with Crippen LogP contribution in [-0.4, -0.2) is 18.1 Å². The Labute approximate surface area is 103 Å². The molecule has 3 heteroatoms. The zero-order valence-corrected chi connectivity index (χ0v) is 10.4. The fourth-order valence-corrected chi connectivity index (χ4v) is 2.52. The van der Waals surface area contributed by atoms with Crippen molar-refractivity contribution in [1.82, 2.24) is 4.98 Å². The molecule has 0 atom stereocenters. The first kappa shape index (κ1) is 11.9. The van der Waals surface area contributed by atoms with Crippen molar-refractivity contribution in [1.29, 1.82) is 5.26 Å². The van der Waals surface area contributed by atoms with Crippen LogP contribution >= 0.6 is 0 Å². The molecule has 0 saturated carbocycles. The van der Waals surface area contributed by atoms with E-state index in [4.69, 9.17) is 5.26 Å². The van der Waals surface area contributed by atoms with E-state index < -0.39 is 0 Å². The number of piperidine rings is 1. The molecule has 17 heavy (non-hydrogen) atoms. The Morgan fingerprint density at radius 2 is 2.24 bits per heavy atom. The minimum Gasteiger partial charge on any atom is -0.357 e. The molecule has 0 bridgehead atoms. The second-order valence-electron chi connectivity index (χ2n) is 4.73. The summed E-state index contributed by atoms with van der Waals surface area (Å²) in [6.07, 6.45) is 6.87. The van der Waals surface area contributed by atoms with E-state index in [1.165, 1.54) is 25.7 Å². The van der Waals surface area contributed by atoms with E-state index in [1.54, 1.807) is 12.3 Å². The van der Waals surface area contributed by atoms with Gasteiger partial charge in [-0.3, -0.25) is 0 Å². The molecule has 1 aromatic rings. The second-order valence-corrected chi connectivity index (χ2v) is 4.73. The third-order valence-corrected chi connectivity index (χ3v) is 3.51. The number of anilines is 1. The largest absolute Gasteiger partial charge is 0.357 e. The first-order valence-corrected chi connectivity index (χ1v) is 6.44. The van der Waals surface area contributed by atoms with Gasteiger partial charge < -0.3 is 4.90 Å². The molecule has 1 fully saturated rings. The predicted octanol–water partition coefficient (Wildman–Crippen LogP) is 2.97. The highest BCUT2D eigenvalue weighted by atomic mass is 15.2. The lowest BCUT2D eigenvalue weighted by Gasteiger charge is -2.32. The van der Waals surface area contributed by atoms with Crippen LogP contribution in [0.4, 0.5) is 5.82 Å². The van der Waals surface area contributed by atoms with Crippen LogP contribution in [-0.2, 0) is 0 Å². The number of nitriles is 1. The van der Waals surface area contributed by atoms with E-state index >= 15 is 0 Å². The van der Waals surface area contributed by atoms with Gasteiger partial charge in [0.05, 0.1) is 11.6 Å².